The van der Waals surface area contributed by atoms with Crippen molar-refractivity contribution in [2.75, 3.05) is 26.2 Å². The van der Waals surface area contributed by atoms with Gasteiger partial charge in [0.25, 0.3) is 0 Å². The molecule has 2 heterocycles. The maximum atomic E-state index is 12.5. The molecule has 5 nitrogen and oxygen atoms in total. The molecule has 2 saturated heterocycles. The van der Waals surface area contributed by atoms with Gasteiger partial charge in [0.15, 0.2) is 0 Å². The number of nitrogens with zero attached hydrogens (tertiary/aromatic N) is 2. The Kier molecular flexibility index (Phi) is 4.49. The molecule has 21 heavy (non-hydrogen) atoms. The highest BCUT2D eigenvalue weighted by Gasteiger charge is 2.41. The summed E-state index contributed by atoms with van der Waals surface area (Å²) in [6.07, 6.45) is 3.87. The summed E-state index contributed by atoms with van der Waals surface area (Å²) in [4.78, 5) is 27.8. The summed E-state index contributed by atoms with van der Waals surface area (Å²) < 4.78 is 0. The molecule has 0 spiro atoms. The Morgan fingerprint density at radius 2 is 1.38 bits per heavy atom. The van der Waals surface area contributed by atoms with Crippen LogP contribution in [0.3, 0.4) is 0 Å². The molecule has 1 N–H and O–H groups in total. The largest absolute Gasteiger partial charge is 0.481 e. The van der Waals surface area contributed by atoms with Crippen molar-refractivity contribution in [2.24, 2.45) is 10.8 Å². The average Bonchev–Trinajstić information content (AvgIpc) is 2.46. The van der Waals surface area contributed by atoms with Gasteiger partial charge in [-0.2, -0.15) is 0 Å². The van der Waals surface area contributed by atoms with Crippen molar-refractivity contribution >= 4 is 12.0 Å². The number of urea groups is 1. The smallest absolute Gasteiger partial charge is 0.319 e. The summed E-state index contributed by atoms with van der Waals surface area (Å²) in [6, 6.07) is 0.0978. The number of amides is 2. The zero-order valence-electron chi connectivity index (χ0n) is 13.5. The van der Waals surface area contributed by atoms with Gasteiger partial charge in [0.1, 0.15) is 0 Å². The Morgan fingerprint density at radius 3 is 1.76 bits per heavy atom. The number of carbonyl (C=O) groups is 2. The van der Waals surface area contributed by atoms with Crippen molar-refractivity contribution in [3.8, 4) is 0 Å². The van der Waals surface area contributed by atoms with E-state index in [1.54, 1.807) is 0 Å². The number of piperidine rings is 2. The van der Waals surface area contributed by atoms with E-state index < -0.39 is 11.4 Å². The molecular weight excluding hydrogens is 268 g/mol. The minimum absolute atomic E-state index is 0.0978. The number of hydrogen-bond acceptors (Lipinski definition) is 2. The van der Waals surface area contributed by atoms with Crippen LogP contribution in [0, 0.1) is 10.8 Å². The molecule has 0 aliphatic carbocycles. The van der Waals surface area contributed by atoms with E-state index in [4.69, 9.17) is 0 Å². The second-order valence-electron chi connectivity index (χ2n) is 7.36. The lowest BCUT2D eigenvalue weighted by molar-refractivity contribution is -0.152. The minimum atomic E-state index is -0.711. The molecule has 2 rings (SSSR count). The van der Waals surface area contributed by atoms with Crippen molar-refractivity contribution in [2.45, 2.75) is 52.9 Å². The van der Waals surface area contributed by atoms with Gasteiger partial charge in [0.05, 0.1) is 5.41 Å². The van der Waals surface area contributed by atoms with Crippen molar-refractivity contribution in [1.82, 2.24) is 9.80 Å². The predicted octanol–water partition coefficient (Wildman–Crippen LogP) is 2.81. The normalized spacial score (nSPS) is 24.7. The molecule has 2 aliphatic rings. The van der Waals surface area contributed by atoms with Crippen LogP contribution in [-0.2, 0) is 4.79 Å². The van der Waals surface area contributed by atoms with Crippen molar-refractivity contribution < 1.29 is 14.7 Å². The first-order chi connectivity index (χ1) is 9.80. The van der Waals surface area contributed by atoms with E-state index in [0.717, 1.165) is 25.9 Å². The second kappa shape index (κ2) is 5.85. The molecular formula is C16H28N2O3. The van der Waals surface area contributed by atoms with Gasteiger partial charge in [-0.3, -0.25) is 4.79 Å². The Balaban J connectivity index is 1.90. The van der Waals surface area contributed by atoms with Crippen molar-refractivity contribution in [3.05, 3.63) is 0 Å². The van der Waals surface area contributed by atoms with Gasteiger partial charge in [-0.1, -0.05) is 20.8 Å². The lowest BCUT2D eigenvalue weighted by atomic mass is 9.76. The molecule has 2 fully saturated rings. The first kappa shape index (κ1) is 16.1. The Bertz CT molecular complexity index is 402. The van der Waals surface area contributed by atoms with Gasteiger partial charge in [-0.25, -0.2) is 4.79 Å². The fourth-order valence-electron chi connectivity index (χ4n) is 3.35. The molecule has 0 bridgehead atoms. The number of carboxylic acid groups (broad SMARTS) is 1. The summed E-state index contributed by atoms with van der Waals surface area (Å²) in [6.45, 7) is 9.20. The SMILES string of the molecule is CCC1(C(=O)O)CCN(C(=O)N2CCC(C)(C)CC2)CC1. The van der Waals surface area contributed by atoms with Gasteiger partial charge in [-0.15, -0.1) is 0 Å². The molecule has 0 radical (unpaired) electrons. The molecule has 120 valence electrons. The quantitative estimate of drug-likeness (QED) is 0.852. The highest BCUT2D eigenvalue weighted by molar-refractivity contribution is 5.77. The summed E-state index contributed by atoms with van der Waals surface area (Å²) in [5, 5.41) is 9.41. The molecule has 0 atom stereocenters. The first-order valence-electron chi connectivity index (χ1n) is 8.07. The molecule has 0 aromatic heterocycles. The van der Waals surface area contributed by atoms with Crippen LogP contribution in [0.5, 0.6) is 0 Å². The van der Waals surface area contributed by atoms with Gasteiger partial charge >= 0.3 is 12.0 Å². The summed E-state index contributed by atoms with van der Waals surface area (Å²) in [5.74, 6) is -0.711. The molecule has 2 amide bonds. The maximum Gasteiger partial charge on any atom is 0.319 e. The summed E-state index contributed by atoms with van der Waals surface area (Å²) in [7, 11) is 0. The third kappa shape index (κ3) is 3.33. The monoisotopic (exact) mass is 296 g/mol. The molecule has 0 aromatic carbocycles. The van der Waals surface area contributed by atoms with Gasteiger partial charge in [-0.05, 0) is 37.5 Å². The topological polar surface area (TPSA) is 60.9 Å². The van der Waals surface area contributed by atoms with E-state index in [-0.39, 0.29) is 6.03 Å². The highest BCUT2D eigenvalue weighted by atomic mass is 16.4. The summed E-state index contributed by atoms with van der Waals surface area (Å²) >= 11 is 0. The van der Waals surface area contributed by atoms with Crippen LogP contribution in [0.4, 0.5) is 4.79 Å². The van der Waals surface area contributed by atoms with Gasteiger partial charge in [0, 0.05) is 26.2 Å². The number of carboxylic acids is 1. The fourth-order valence-corrected chi connectivity index (χ4v) is 3.35. The molecule has 0 unspecified atom stereocenters. The Labute approximate surface area is 127 Å². The van der Waals surface area contributed by atoms with Crippen LogP contribution >= 0.6 is 0 Å². The van der Waals surface area contributed by atoms with E-state index in [2.05, 4.69) is 13.8 Å². The Hall–Kier alpha value is -1.26. The van der Waals surface area contributed by atoms with E-state index in [0.29, 0.717) is 37.8 Å². The lowest BCUT2D eigenvalue weighted by Crippen LogP contribution is -2.52. The standard InChI is InChI=1S/C16H28N2O3/c1-4-16(13(19)20)7-11-18(12-8-16)14(21)17-9-5-15(2,3)6-10-17/h4-12H2,1-3H3,(H,19,20). The van der Waals surface area contributed by atoms with Crippen LogP contribution in [-0.4, -0.2) is 53.1 Å². The van der Waals surface area contributed by atoms with Crippen LogP contribution < -0.4 is 0 Å². The molecule has 0 aromatic rings. The predicted molar refractivity (Wildman–Crippen MR) is 81.2 cm³/mol. The number of carbonyl (C=O) groups excluding carboxylic acids is 1. The highest BCUT2D eigenvalue weighted by Crippen LogP contribution is 2.36. The average molecular weight is 296 g/mol. The van der Waals surface area contributed by atoms with E-state index in [1.807, 2.05) is 16.7 Å². The molecule has 5 heteroatoms. The van der Waals surface area contributed by atoms with Crippen LogP contribution in [0.25, 0.3) is 0 Å². The maximum absolute atomic E-state index is 12.5. The number of hydrogen-bond donors (Lipinski definition) is 1. The van der Waals surface area contributed by atoms with Crippen molar-refractivity contribution in [3.63, 3.8) is 0 Å². The number of aliphatic carboxylic acids is 1. The zero-order valence-corrected chi connectivity index (χ0v) is 13.5. The second-order valence-corrected chi connectivity index (χ2v) is 7.36. The van der Waals surface area contributed by atoms with Crippen LogP contribution in [0.1, 0.15) is 52.9 Å². The third-order valence-corrected chi connectivity index (χ3v) is 5.51. The lowest BCUT2D eigenvalue weighted by Gasteiger charge is -2.43. The van der Waals surface area contributed by atoms with E-state index in [9.17, 15) is 14.7 Å². The van der Waals surface area contributed by atoms with Gasteiger partial charge in [0.2, 0.25) is 0 Å². The van der Waals surface area contributed by atoms with E-state index >= 15 is 0 Å². The summed E-state index contributed by atoms with van der Waals surface area (Å²) in [5.41, 5.74) is -0.292. The molecule has 0 saturated carbocycles. The van der Waals surface area contributed by atoms with E-state index in [1.165, 1.54) is 0 Å². The van der Waals surface area contributed by atoms with Crippen LogP contribution in [0.15, 0.2) is 0 Å². The number of rotatable bonds is 2. The third-order valence-electron chi connectivity index (χ3n) is 5.51. The molecule has 2 aliphatic heterocycles. The zero-order chi connectivity index (χ0) is 15.7. The van der Waals surface area contributed by atoms with Gasteiger partial charge < -0.3 is 14.9 Å². The van der Waals surface area contributed by atoms with Crippen molar-refractivity contribution in [1.29, 1.82) is 0 Å². The Morgan fingerprint density at radius 1 is 0.952 bits per heavy atom. The number of likely N-dealkylation sites (tertiary alicyclic amines) is 2. The minimum Gasteiger partial charge on any atom is -0.481 e. The fraction of sp³-hybridized carbons (Fsp3) is 0.875. The van der Waals surface area contributed by atoms with Crippen LogP contribution in [0.2, 0.25) is 0 Å². The first-order valence-corrected chi connectivity index (χ1v) is 8.07.